The molecule has 0 unspecified atom stereocenters. The Kier molecular flexibility index (Phi) is 5.26. The normalized spacial score (nSPS) is 10.1. The van der Waals surface area contributed by atoms with E-state index in [4.69, 9.17) is 9.47 Å². The molecule has 2 aromatic carbocycles. The van der Waals surface area contributed by atoms with Gasteiger partial charge in [0.25, 0.3) is 0 Å². The molecule has 0 atom stereocenters. The van der Waals surface area contributed by atoms with E-state index in [1.807, 2.05) is 54.6 Å². The summed E-state index contributed by atoms with van der Waals surface area (Å²) >= 11 is 0. The maximum Gasteiger partial charge on any atom is 0.419 e. The van der Waals surface area contributed by atoms with Crippen molar-refractivity contribution in [2.24, 2.45) is 0 Å². The number of aromatic nitrogens is 1. The molecule has 0 aliphatic carbocycles. The lowest BCUT2D eigenvalue weighted by Gasteiger charge is -2.16. The van der Waals surface area contributed by atoms with Crippen molar-refractivity contribution >= 4 is 11.8 Å². The van der Waals surface area contributed by atoms with Crippen LogP contribution in [0.5, 0.6) is 11.5 Å². The number of benzene rings is 2. The average Bonchev–Trinajstić information content (AvgIpc) is 2.68. The van der Waals surface area contributed by atoms with Gasteiger partial charge < -0.3 is 9.47 Å². The molecule has 0 saturated carbocycles. The summed E-state index contributed by atoms with van der Waals surface area (Å²) in [6, 6.07) is 20.2. The fraction of sp³-hybridized carbons (Fsp3) is 0.100. The Labute approximate surface area is 146 Å². The highest BCUT2D eigenvalue weighted by molar-refractivity contribution is 5.88. The Morgan fingerprint density at radius 1 is 0.960 bits per heavy atom. The minimum atomic E-state index is -0.439. The molecule has 0 saturated heterocycles. The summed E-state index contributed by atoms with van der Waals surface area (Å²) in [5.41, 5.74) is 1.74. The molecule has 0 radical (unpaired) electrons. The van der Waals surface area contributed by atoms with E-state index in [9.17, 15) is 4.79 Å². The van der Waals surface area contributed by atoms with Crippen molar-refractivity contribution in [3.05, 3.63) is 84.7 Å². The van der Waals surface area contributed by atoms with Gasteiger partial charge in [-0.2, -0.15) is 0 Å². The van der Waals surface area contributed by atoms with Gasteiger partial charge in [-0.15, -0.1) is 0 Å². The lowest BCUT2D eigenvalue weighted by Crippen LogP contribution is -2.29. The maximum absolute atomic E-state index is 12.2. The molecule has 1 heterocycles. The lowest BCUT2D eigenvalue weighted by atomic mass is 10.2. The molecule has 5 heteroatoms. The number of amides is 1. The van der Waals surface area contributed by atoms with Gasteiger partial charge >= 0.3 is 6.09 Å². The van der Waals surface area contributed by atoms with Gasteiger partial charge in [-0.3, -0.25) is 9.88 Å². The van der Waals surface area contributed by atoms with Crippen LogP contribution in [0.25, 0.3) is 0 Å². The fourth-order valence-corrected chi connectivity index (χ4v) is 2.18. The first-order valence-corrected chi connectivity index (χ1v) is 7.85. The fourth-order valence-electron chi connectivity index (χ4n) is 2.18. The van der Waals surface area contributed by atoms with Gasteiger partial charge in [-0.1, -0.05) is 30.3 Å². The van der Waals surface area contributed by atoms with Crippen molar-refractivity contribution in [3.8, 4) is 11.5 Å². The van der Waals surface area contributed by atoms with Crippen LogP contribution in [0.15, 0.2) is 79.1 Å². The standard InChI is InChI=1S/C20H18N2O3/c1-22(17-6-3-2-4-7-17)20(23)25-18-11-9-16(10-12-18)15-24-19-8-5-13-21-14-19/h2-14H,15H2,1H3. The summed E-state index contributed by atoms with van der Waals surface area (Å²) in [6.45, 7) is 0.420. The smallest absolute Gasteiger partial charge is 0.419 e. The molecule has 0 N–H and O–H groups in total. The molecule has 0 bridgehead atoms. The van der Waals surface area contributed by atoms with Crippen LogP contribution >= 0.6 is 0 Å². The number of pyridine rings is 1. The van der Waals surface area contributed by atoms with E-state index in [0.717, 1.165) is 11.3 Å². The Balaban J connectivity index is 1.56. The van der Waals surface area contributed by atoms with Crippen LogP contribution < -0.4 is 14.4 Å². The third-order valence-electron chi connectivity index (χ3n) is 3.59. The molecule has 3 rings (SSSR count). The van der Waals surface area contributed by atoms with Gasteiger partial charge in [0.15, 0.2) is 0 Å². The van der Waals surface area contributed by atoms with Crippen molar-refractivity contribution in [2.75, 3.05) is 11.9 Å². The SMILES string of the molecule is CN(C(=O)Oc1ccc(COc2cccnc2)cc1)c1ccccc1. The summed E-state index contributed by atoms with van der Waals surface area (Å²) in [5.74, 6) is 1.19. The largest absolute Gasteiger partial charge is 0.487 e. The molecule has 0 aliphatic heterocycles. The second-order valence-electron chi connectivity index (χ2n) is 5.38. The van der Waals surface area contributed by atoms with Crippen LogP contribution in [0, 0.1) is 0 Å². The first kappa shape index (κ1) is 16.5. The highest BCUT2D eigenvalue weighted by Crippen LogP contribution is 2.17. The zero-order valence-electron chi connectivity index (χ0n) is 13.8. The number of carbonyl (C=O) groups is 1. The molecule has 25 heavy (non-hydrogen) atoms. The summed E-state index contributed by atoms with van der Waals surface area (Å²) < 4.78 is 11.0. The third-order valence-corrected chi connectivity index (χ3v) is 3.59. The second kappa shape index (κ2) is 7.97. The van der Waals surface area contributed by atoms with E-state index < -0.39 is 6.09 Å². The second-order valence-corrected chi connectivity index (χ2v) is 5.38. The number of ether oxygens (including phenoxy) is 2. The number of hydrogen-bond donors (Lipinski definition) is 0. The van der Waals surface area contributed by atoms with Crippen molar-refractivity contribution < 1.29 is 14.3 Å². The molecule has 5 nitrogen and oxygen atoms in total. The van der Waals surface area contributed by atoms with Gasteiger partial charge in [0.1, 0.15) is 18.1 Å². The summed E-state index contributed by atoms with van der Waals surface area (Å²) in [4.78, 5) is 17.6. The number of rotatable bonds is 5. The molecule has 0 aliphatic rings. The Hall–Kier alpha value is -3.34. The molecule has 126 valence electrons. The summed E-state index contributed by atoms with van der Waals surface area (Å²) in [6.07, 6.45) is 2.92. The van der Waals surface area contributed by atoms with E-state index in [0.29, 0.717) is 18.1 Å². The molecular weight excluding hydrogens is 316 g/mol. The third kappa shape index (κ3) is 4.57. The number of nitrogens with zero attached hydrogens (tertiary/aromatic N) is 2. The van der Waals surface area contributed by atoms with E-state index in [1.165, 1.54) is 4.90 Å². The van der Waals surface area contributed by atoms with Crippen LogP contribution in [-0.2, 0) is 6.61 Å². The minimum Gasteiger partial charge on any atom is -0.487 e. The molecule has 0 fully saturated rings. The van der Waals surface area contributed by atoms with Gasteiger partial charge in [0, 0.05) is 18.9 Å². The molecule has 1 amide bonds. The monoisotopic (exact) mass is 334 g/mol. The lowest BCUT2D eigenvalue weighted by molar-refractivity contribution is 0.209. The summed E-state index contributed by atoms with van der Waals surface area (Å²) in [7, 11) is 1.67. The predicted molar refractivity (Wildman–Crippen MR) is 95.9 cm³/mol. The first-order valence-electron chi connectivity index (χ1n) is 7.85. The van der Waals surface area contributed by atoms with Crippen LogP contribution in [0.2, 0.25) is 0 Å². The van der Waals surface area contributed by atoms with Gasteiger partial charge in [0.05, 0.1) is 6.20 Å². The number of para-hydroxylation sites is 1. The van der Waals surface area contributed by atoms with E-state index >= 15 is 0 Å². The number of hydrogen-bond acceptors (Lipinski definition) is 4. The minimum absolute atomic E-state index is 0.420. The first-order chi connectivity index (χ1) is 12.2. The van der Waals surface area contributed by atoms with Gasteiger partial charge in [0.2, 0.25) is 0 Å². The molecule has 1 aromatic heterocycles. The molecular formula is C20H18N2O3. The van der Waals surface area contributed by atoms with Crippen LogP contribution in [0.4, 0.5) is 10.5 Å². The van der Waals surface area contributed by atoms with Gasteiger partial charge in [-0.25, -0.2) is 4.79 Å². The highest BCUT2D eigenvalue weighted by Gasteiger charge is 2.12. The highest BCUT2D eigenvalue weighted by atomic mass is 16.6. The zero-order chi connectivity index (χ0) is 17.5. The Bertz CT molecular complexity index is 805. The number of carbonyl (C=O) groups excluding carboxylic acids is 1. The van der Waals surface area contributed by atoms with E-state index in [-0.39, 0.29) is 0 Å². The van der Waals surface area contributed by atoms with Crippen LogP contribution in [-0.4, -0.2) is 18.1 Å². The van der Waals surface area contributed by atoms with Crippen molar-refractivity contribution in [3.63, 3.8) is 0 Å². The van der Waals surface area contributed by atoms with Crippen molar-refractivity contribution in [1.82, 2.24) is 4.98 Å². The number of anilines is 1. The quantitative estimate of drug-likeness (QED) is 0.698. The maximum atomic E-state index is 12.2. The molecule has 3 aromatic rings. The van der Waals surface area contributed by atoms with E-state index in [1.54, 1.807) is 31.6 Å². The Morgan fingerprint density at radius 2 is 1.72 bits per heavy atom. The van der Waals surface area contributed by atoms with E-state index in [2.05, 4.69) is 4.98 Å². The topological polar surface area (TPSA) is 51.7 Å². The van der Waals surface area contributed by atoms with Crippen molar-refractivity contribution in [1.29, 1.82) is 0 Å². The van der Waals surface area contributed by atoms with Crippen LogP contribution in [0.3, 0.4) is 0 Å². The van der Waals surface area contributed by atoms with Crippen molar-refractivity contribution in [2.45, 2.75) is 6.61 Å². The van der Waals surface area contributed by atoms with Crippen LogP contribution in [0.1, 0.15) is 5.56 Å². The van der Waals surface area contributed by atoms with Gasteiger partial charge in [-0.05, 0) is 42.0 Å². The zero-order valence-corrected chi connectivity index (χ0v) is 13.8. The molecule has 0 spiro atoms. The summed E-state index contributed by atoms with van der Waals surface area (Å²) in [5, 5.41) is 0. The average molecular weight is 334 g/mol. The Morgan fingerprint density at radius 3 is 2.40 bits per heavy atom. The predicted octanol–water partition coefficient (Wildman–Crippen LogP) is 4.30.